The van der Waals surface area contributed by atoms with E-state index in [0.29, 0.717) is 5.56 Å². The summed E-state index contributed by atoms with van der Waals surface area (Å²) in [6.07, 6.45) is 3.97. The van der Waals surface area contributed by atoms with E-state index in [-0.39, 0.29) is 5.43 Å². The first-order chi connectivity index (χ1) is 9.88. The number of nitrogens with zero attached hydrogens (tertiary/aromatic N) is 1. The molecule has 0 atom stereocenters. The molecule has 1 aromatic heterocycles. The van der Waals surface area contributed by atoms with Crippen LogP contribution in [0.1, 0.15) is 22.4 Å². The lowest BCUT2D eigenvalue weighted by Crippen LogP contribution is -2.12. The maximum Gasteiger partial charge on any atom is 0.328 e. The number of aromatic nitrogens is 1. The standard InChI is InChI=1S/C17H17NO3/c1-11-4-6-15(12(2)8-11)18-10-14(5-7-17(20)21)16(19)9-13(18)3/h4-10H,1-3H3,(H,20,21)/b7-5+. The number of rotatable bonds is 3. The molecule has 0 amide bonds. The zero-order valence-corrected chi connectivity index (χ0v) is 12.3. The van der Waals surface area contributed by atoms with Gasteiger partial charge in [-0.15, -0.1) is 0 Å². The van der Waals surface area contributed by atoms with E-state index in [0.717, 1.165) is 23.0 Å². The third kappa shape index (κ3) is 3.28. The first-order valence-electron chi connectivity index (χ1n) is 6.60. The lowest BCUT2D eigenvalue weighted by molar-refractivity contribution is -0.131. The molecule has 0 radical (unpaired) electrons. The maximum absolute atomic E-state index is 11.9. The molecule has 4 heteroatoms. The monoisotopic (exact) mass is 283 g/mol. The Labute approximate surface area is 123 Å². The highest BCUT2D eigenvalue weighted by molar-refractivity contribution is 5.85. The summed E-state index contributed by atoms with van der Waals surface area (Å²) in [6.45, 7) is 5.88. The van der Waals surface area contributed by atoms with Gasteiger partial charge in [-0.3, -0.25) is 4.79 Å². The van der Waals surface area contributed by atoms with Gasteiger partial charge in [0.25, 0.3) is 0 Å². The van der Waals surface area contributed by atoms with Crippen molar-refractivity contribution in [2.45, 2.75) is 20.8 Å². The van der Waals surface area contributed by atoms with Crippen molar-refractivity contribution in [2.24, 2.45) is 0 Å². The molecule has 1 N–H and O–H groups in total. The van der Waals surface area contributed by atoms with Crippen LogP contribution in [0.5, 0.6) is 0 Å². The van der Waals surface area contributed by atoms with Crippen LogP contribution >= 0.6 is 0 Å². The van der Waals surface area contributed by atoms with Gasteiger partial charge in [0.2, 0.25) is 0 Å². The zero-order valence-electron chi connectivity index (χ0n) is 12.3. The highest BCUT2D eigenvalue weighted by Gasteiger charge is 2.06. The first kappa shape index (κ1) is 14.8. The van der Waals surface area contributed by atoms with Crippen molar-refractivity contribution in [1.82, 2.24) is 4.57 Å². The highest BCUT2D eigenvalue weighted by atomic mass is 16.4. The Morgan fingerprint density at radius 3 is 2.52 bits per heavy atom. The molecule has 0 spiro atoms. The van der Waals surface area contributed by atoms with Crippen molar-refractivity contribution in [1.29, 1.82) is 0 Å². The van der Waals surface area contributed by atoms with Crippen LogP contribution in [0.25, 0.3) is 11.8 Å². The van der Waals surface area contributed by atoms with Crippen molar-refractivity contribution in [3.05, 3.63) is 69.1 Å². The number of carboxylic acids is 1. The first-order valence-corrected chi connectivity index (χ1v) is 6.60. The van der Waals surface area contributed by atoms with E-state index in [9.17, 15) is 9.59 Å². The molecule has 4 nitrogen and oxygen atoms in total. The topological polar surface area (TPSA) is 59.3 Å². The summed E-state index contributed by atoms with van der Waals surface area (Å²) in [5.41, 5.74) is 4.20. The molecular formula is C17H17NO3. The van der Waals surface area contributed by atoms with Gasteiger partial charge < -0.3 is 9.67 Å². The van der Waals surface area contributed by atoms with Crippen LogP contribution in [0.2, 0.25) is 0 Å². The molecule has 108 valence electrons. The van der Waals surface area contributed by atoms with Gasteiger partial charge in [0.1, 0.15) is 0 Å². The Kier molecular flexibility index (Phi) is 4.08. The summed E-state index contributed by atoms with van der Waals surface area (Å²) in [4.78, 5) is 22.5. The van der Waals surface area contributed by atoms with Gasteiger partial charge in [-0.05, 0) is 38.5 Å². The Bertz CT molecular complexity index is 785. The predicted molar refractivity (Wildman–Crippen MR) is 82.9 cm³/mol. The fourth-order valence-corrected chi connectivity index (χ4v) is 2.27. The zero-order chi connectivity index (χ0) is 15.6. The van der Waals surface area contributed by atoms with E-state index in [1.165, 1.54) is 17.7 Å². The molecule has 2 rings (SSSR count). The largest absolute Gasteiger partial charge is 0.478 e. The summed E-state index contributed by atoms with van der Waals surface area (Å²) in [5, 5.41) is 8.69. The van der Waals surface area contributed by atoms with E-state index >= 15 is 0 Å². The van der Waals surface area contributed by atoms with Crippen LogP contribution in [0.3, 0.4) is 0 Å². The molecule has 0 fully saturated rings. The number of aliphatic carboxylic acids is 1. The Balaban J connectivity index is 2.61. The van der Waals surface area contributed by atoms with E-state index in [1.807, 2.05) is 37.5 Å². The highest BCUT2D eigenvalue weighted by Crippen LogP contribution is 2.17. The average Bonchev–Trinajstić information content (AvgIpc) is 2.38. The second-order valence-electron chi connectivity index (χ2n) is 5.07. The van der Waals surface area contributed by atoms with E-state index < -0.39 is 5.97 Å². The van der Waals surface area contributed by atoms with E-state index in [2.05, 4.69) is 6.07 Å². The lowest BCUT2D eigenvalue weighted by Gasteiger charge is -2.14. The van der Waals surface area contributed by atoms with Crippen LogP contribution in [0, 0.1) is 20.8 Å². The number of carbonyl (C=O) groups is 1. The molecule has 0 aliphatic rings. The molecule has 2 aromatic rings. The molecule has 0 aliphatic heterocycles. The van der Waals surface area contributed by atoms with Gasteiger partial charge >= 0.3 is 5.97 Å². The lowest BCUT2D eigenvalue weighted by atomic mass is 10.1. The molecule has 0 bridgehead atoms. The second-order valence-corrected chi connectivity index (χ2v) is 5.07. The molecule has 0 saturated carbocycles. The third-order valence-corrected chi connectivity index (χ3v) is 3.29. The molecule has 21 heavy (non-hydrogen) atoms. The summed E-state index contributed by atoms with van der Waals surface area (Å²) < 4.78 is 1.90. The van der Waals surface area contributed by atoms with Gasteiger partial charge in [0.15, 0.2) is 5.43 Å². The minimum atomic E-state index is -1.08. The SMILES string of the molecule is Cc1ccc(-n2cc(/C=C/C(=O)O)c(=O)cc2C)c(C)c1. The van der Waals surface area contributed by atoms with Gasteiger partial charge in [-0.25, -0.2) is 4.79 Å². The van der Waals surface area contributed by atoms with Crippen molar-refractivity contribution in [3.63, 3.8) is 0 Å². The molecular weight excluding hydrogens is 266 g/mol. The quantitative estimate of drug-likeness (QED) is 0.881. The van der Waals surface area contributed by atoms with Crippen molar-refractivity contribution < 1.29 is 9.90 Å². The summed E-state index contributed by atoms with van der Waals surface area (Å²) in [5.74, 6) is -1.08. The maximum atomic E-state index is 11.9. The summed E-state index contributed by atoms with van der Waals surface area (Å²) in [7, 11) is 0. The second kappa shape index (κ2) is 5.79. The van der Waals surface area contributed by atoms with Crippen molar-refractivity contribution in [3.8, 4) is 5.69 Å². The summed E-state index contributed by atoms with van der Waals surface area (Å²) in [6, 6.07) is 7.58. The van der Waals surface area contributed by atoms with Crippen LogP contribution < -0.4 is 5.43 Å². The van der Waals surface area contributed by atoms with Crippen LogP contribution in [0.15, 0.2) is 41.3 Å². The minimum Gasteiger partial charge on any atom is -0.478 e. The molecule has 0 unspecified atom stereocenters. The Morgan fingerprint density at radius 1 is 1.19 bits per heavy atom. The normalized spacial score (nSPS) is 11.0. The van der Waals surface area contributed by atoms with Gasteiger partial charge in [0, 0.05) is 35.3 Å². The fourth-order valence-electron chi connectivity index (χ4n) is 2.27. The van der Waals surface area contributed by atoms with Crippen LogP contribution in [0.4, 0.5) is 0 Å². The molecule has 1 aromatic carbocycles. The summed E-state index contributed by atoms with van der Waals surface area (Å²) >= 11 is 0. The van der Waals surface area contributed by atoms with Crippen LogP contribution in [-0.2, 0) is 4.79 Å². The molecule has 0 saturated heterocycles. The van der Waals surface area contributed by atoms with Gasteiger partial charge in [-0.2, -0.15) is 0 Å². The average molecular weight is 283 g/mol. The van der Waals surface area contributed by atoms with Gasteiger partial charge in [0.05, 0.1) is 0 Å². The van der Waals surface area contributed by atoms with Crippen LogP contribution in [-0.4, -0.2) is 15.6 Å². The minimum absolute atomic E-state index is 0.189. The number of carboxylic acid groups (broad SMARTS) is 1. The van der Waals surface area contributed by atoms with Crippen molar-refractivity contribution >= 4 is 12.0 Å². The van der Waals surface area contributed by atoms with Crippen molar-refractivity contribution in [2.75, 3.05) is 0 Å². The molecule has 1 heterocycles. The number of hydrogen-bond acceptors (Lipinski definition) is 2. The number of pyridine rings is 1. The van der Waals surface area contributed by atoms with E-state index in [1.54, 1.807) is 6.20 Å². The van der Waals surface area contributed by atoms with Gasteiger partial charge in [-0.1, -0.05) is 17.7 Å². The number of benzene rings is 1. The predicted octanol–water partition coefficient (Wildman–Crippen LogP) is 2.86. The molecule has 0 aliphatic carbocycles. The Morgan fingerprint density at radius 2 is 1.90 bits per heavy atom. The smallest absolute Gasteiger partial charge is 0.328 e. The third-order valence-electron chi connectivity index (χ3n) is 3.29. The Hall–Kier alpha value is -2.62. The van der Waals surface area contributed by atoms with E-state index in [4.69, 9.17) is 5.11 Å². The number of aryl methyl sites for hydroxylation is 3. The number of hydrogen-bond donors (Lipinski definition) is 1. The fraction of sp³-hybridized carbons (Fsp3) is 0.176.